The number of carbonyl (C=O) groups is 3. The van der Waals surface area contributed by atoms with E-state index in [9.17, 15) is 14.4 Å². The summed E-state index contributed by atoms with van der Waals surface area (Å²) in [6, 6.07) is 10.2. The number of nitrogens with one attached hydrogen (secondary N) is 1. The first-order valence-electron chi connectivity index (χ1n) is 8.83. The minimum Gasteiger partial charge on any atom is -0.496 e. The van der Waals surface area contributed by atoms with Crippen LogP contribution in [0.3, 0.4) is 0 Å². The quantitative estimate of drug-likeness (QED) is 0.698. The highest BCUT2D eigenvalue weighted by molar-refractivity contribution is 6.31. The predicted octanol–water partition coefficient (Wildman–Crippen LogP) is 3.22. The molecule has 2 amide bonds. The number of ether oxygens (including phenoxy) is 2. The summed E-state index contributed by atoms with van der Waals surface area (Å²) in [6.45, 7) is 3.09. The molecular formula is C21H23ClN2O5. The zero-order chi connectivity index (χ0) is 21.6. The molecule has 7 nitrogen and oxygen atoms in total. The Balaban J connectivity index is 1.91. The van der Waals surface area contributed by atoms with Crippen molar-refractivity contribution in [3.8, 4) is 5.75 Å². The van der Waals surface area contributed by atoms with Crippen molar-refractivity contribution in [2.24, 2.45) is 0 Å². The molecule has 0 bridgehead atoms. The lowest BCUT2D eigenvalue weighted by atomic mass is 10.1. The molecule has 1 N–H and O–H groups in total. The first kappa shape index (κ1) is 22.2. The van der Waals surface area contributed by atoms with Crippen molar-refractivity contribution in [2.45, 2.75) is 13.8 Å². The van der Waals surface area contributed by atoms with Gasteiger partial charge in [0.1, 0.15) is 11.3 Å². The number of para-hydroxylation sites is 1. The Hall–Kier alpha value is -3.06. The minimum atomic E-state index is -0.744. The minimum absolute atomic E-state index is 0.114. The zero-order valence-electron chi connectivity index (χ0n) is 16.7. The van der Waals surface area contributed by atoms with Gasteiger partial charge in [0.25, 0.3) is 5.91 Å². The molecule has 0 saturated heterocycles. The maximum atomic E-state index is 12.3. The van der Waals surface area contributed by atoms with E-state index >= 15 is 0 Å². The third-order valence-corrected chi connectivity index (χ3v) is 4.50. The van der Waals surface area contributed by atoms with Crippen LogP contribution in [0.15, 0.2) is 36.4 Å². The topological polar surface area (TPSA) is 84.9 Å². The molecule has 0 radical (unpaired) electrons. The van der Waals surface area contributed by atoms with Crippen molar-refractivity contribution in [3.63, 3.8) is 0 Å². The van der Waals surface area contributed by atoms with Crippen LogP contribution < -0.4 is 10.1 Å². The average Bonchev–Trinajstić information content (AvgIpc) is 2.68. The SMILES string of the molecule is COc1ccc(Cl)cc1C(=O)OCC(=O)N(C)CC(=O)Nc1c(C)cccc1C. The molecule has 0 atom stereocenters. The highest BCUT2D eigenvalue weighted by atomic mass is 35.5. The van der Waals surface area contributed by atoms with Gasteiger partial charge in [-0.25, -0.2) is 4.79 Å². The summed E-state index contributed by atoms with van der Waals surface area (Å²) in [7, 11) is 2.87. The molecule has 8 heteroatoms. The maximum Gasteiger partial charge on any atom is 0.342 e. The van der Waals surface area contributed by atoms with E-state index in [4.69, 9.17) is 21.1 Å². The molecule has 0 aliphatic rings. The Morgan fingerprint density at radius 3 is 2.38 bits per heavy atom. The van der Waals surface area contributed by atoms with Crippen molar-refractivity contribution in [3.05, 3.63) is 58.1 Å². The number of methoxy groups -OCH3 is 1. The molecule has 0 aromatic heterocycles. The van der Waals surface area contributed by atoms with Crippen LogP contribution in [-0.4, -0.2) is 50.0 Å². The molecule has 29 heavy (non-hydrogen) atoms. The Morgan fingerprint density at radius 1 is 1.10 bits per heavy atom. The number of likely N-dealkylation sites (N-methyl/N-ethyl adjacent to an activating group) is 1. The van der Waals surface area contributed by atoms with Gasteiger partial charge in [-0.3, -0.25) is 9.59 Å². The summed E-state index contributed by atoms with van der Waals surface area (Å²) < 4.78 is 10.1. The van der Waals surface area contributed by atoms with Crippen molar-refractivity contribution >= 4 is 35.1 Å². The van der Waals surface area contributed by atoms with E-state index in [1.807, 2.05) is 32.0 Å². The number of aryl methyl sites for hydroxylation is 2. The molecule has 0 aliphatic carbocycles. The van der Waals surface area contributed by atoms with Crippen LogP contribution in [0.25, 0.3) is 0 Å². The number of hydrogen-bond donors (Lipinski definition) is 1. The fourth-order valence-electron chi connectivity index (χ4n) is 2.65. The van der Waals surface area contributed by atoms with Crippen LogP contribution >= 0.6 is 11.6 Å². The Kier molecular flexibility index (Phi) is 7.61. The number of amides is 2. The Bertz CT molecular complexity index is 909. The van der Waals surface area contributed by atoms with Gasteiger partial charge in [0.05, 0.1) is 13.7 Å². The number of halogens is 1. The number of benzene rings is 2. The van der Waals surface area contributed by atoms with Gasteiger partial charge < -0.3 is 19.7 Å². The molecule has 0 spiro atoms. The molecule has 0 aliphatic heterocycles. The van der Waals surface area contributed by atoms with Crippen molar-refractivity contribution in [1.82, 2.24) is 4.90 Å². The number of carbonyl (C=O) groups excluding carboxylic acids is 3. The standard InChI is InChI=1S/C21H23ClN2O5/c1-13-6-5-7-14(2)20(13)23-18(25)11-24(3)19(26)12-29-21(27)16-10-15(22)8-9-17(16)28-4/h5-10H,11-12H2,1-4H3,(H,23,25). The van der Waals surface area contributed by atoms with E-state index in [0.29, 0.717) is 5.02 Å². The van der Waals surface area contributed by atoms with Crippen LogP contribution in [-0.2, 0) is 14.3 Å². The van der Waals surface area contributed by atoms with Crippen LogP contribution in [0.1, 0.15) is 21.5 Å². The summed E-state index contributed by atoms with van der Waals surface area (Å²) >= 11 is 5.89. The van der Waals surface area contributed by atoms with Gasteiger partial charge in [-0.2, -0.15) is 0 Å². The summed E-state index contributed by atoms with van der Waals surface area (Å²) in [6.07, 6.45) is 0. The van der Waals surface area contributed by atoms with Crippen molar-refractivity contribution < 1.29 is 23.9 Å². The summed E-state index contributed by atoms with van der Waals surface area (Å²) in [5, 5.41) is 3.14. The molecule has 2 aromatic carbocycles. The third kappa shape index (κ3) is 5.96. The lowest BCUT2D eigenvalue weighted by molar-refractivity contribution is -0.136. The fraction of sp³-hybridized carbons (Fsp3) is 0.286. The Morgan fingerprint density at radius 2 is 1.76 bits per heavy atom. The maximum absolute atomic E-state index is 12.3. The molecule has 154 valence electrons. The summed E-state index contributed by atoms with van der Waals surface area (Å²) in [4.78, 5) is 37.9. The van der Waals surface area contributed by atoms with Crippen LogP contribution in [0.4, 0.5) is 5.69 Å². The second-order valence-electron chi connectivity index (χ2n) is 6.49. The number of anilines is 1. The monoisotopic (exact) mass is 418 g/mol. The van der Waals surface area contributed by atoms with E-state index in [-0.39, 0.29) is 23.8 Å². The second kappa shape index (κ2) is 9.93. The van der Waals surface area contributed by atoms with Gasteiger partial charge in [-0.15, -0.1) is 0 Å². The molecule has 0 heterocycles. The van der Waals surface area contributed by atoms with Gasteiger partial charge >= 0.3 is 5.97 Å². The summed E-state index contributed by atoms with van der Waals surface area (Å²) in [5.74, 6) is -1.32. The number of nitrogens with zero attached hydrogens (tertiary/aromatic N) is 1. The van der Waals surface area contributed by atoms with Crippen molar-refractivity contribution in [2.75, 3.05) is 32.6 Å². The smallest absolute Gasteiger partial charge is 0.342 e. The van der Waals surface area contributed by atoms with E-state index in [1.54, 1.807) is 6.07 Å². The first-order valence-corrected chi connectivity index (χ1v) is 9.21. The van der Waals surface area contributed by atoms with E-state index in [1.165, 1.54) is 31.2 Å². The third-order valence-electron chi connectivity index (χ3n) is 4.26. The molecule has 2 rings (SSSR count). The van der Waals surface area contributed by atoms with E-state index in [0.717, 1.165) is 16.8 Å². The lowest BCUT2D eigenvalue weighted by Gasteiger charge is -2.18. The van der Waals surface area contributed by atoms with Crippen LogP contribution in [0, 0.1) is 13.8 Å². The number of esters is 1. The Labute approximate surface area is 174 Å². The summed E-state index contributed by atoms with van der Waals surface area (Å²) in [5.41, 5.74) is 2.69. The van der Waals surface area contributed by atoms with Crippen molar-refractivity contribution in [1.29, 1.82) is 0 Å². The van der Waals surface area contributed by atoms with Crippen LogP contribution in [0.2, 0.25) is 5.02 Å². The predicted molar refractivity (Wildman–Crippen MR) is 110 cm³/mol. The highest BCUT2D eigenvalue weighted by Gasteiger charge is 2.19. The molecule has 0 saturated carbocycles. The molecule has 2 aromatic rings. The average molecular weight is 419 g/mol. The molecule has 0 unspecified atom stereocenters. The van der Waals surface area contributed by atoms with Gasteiger partial charge in [0.15, 0.2) is 6.61 Å². The van der Waals surface area contributed by atoms with E-state index < -0.39 is 18.5 Å². The van der Waals surface area contributed by atoms with Crippen LogP contribution in [0.5, 0.6) is 5.75 Å². The van der Waals surface area contributed by atoms with Gasteiger partial charge in [0.2, 0.25) is 5.91 Å². The van der Waals surface area contributed by atoms with Gasteiger partial charge in [-0.1, -0.05) is 29.8 Å². The normalized spacial score (nSPS) is 10.2. The number of hydrogen-bond acceptors (Lipinski definition) is 5. The first-order chi connectivity index (χ1) is 13.7. The van der Waals surface area contributed by atoms with Gasteiger partial charge in [0, 0.05) is 17.8 Å². The second-order valence-corrected chi connectivity index (χ2v) is 6.92. The zero-order valence-corrected chi connectivity index (χ0v) is 17.5. The largest absolute Gasteiger partial charge is 0.496 e. The molecule has 0 fully saturated rings. The number of rotatable bonds is 7. The highest BCUT2D eigenvalue weighted by Crippen LogP contribution is 2.23. The van der Waals surface area contributed by atoms with Gasteiger partial charge in [-0.05, 0) is 43.2 Å². The molecular weight excluding hydrogens is 396 g/mol. The lowest BCUT2D eigenvalue weighted by Crippen LogP contribution is -2.37. The fourth-order valence-corrected chi connectivity index (χ4v) is 2.82. The van der Waals surface area contributed by atoms with E-state index in [2.05, 4.69) is 5.32 Å².